The van der Waals surface area contributed by atoms with E-state index >= 15 is 0 Å². The van der Waals surface area contributed by atoms with Crippen molar-refractivity contribution in [3.8, 4) is 0 Å². The standard InChI is InChI=1S/C7H12OS2/c1-6-3-4-10(8)5-7(6)9-2/h5-6H,3-4H2,1-2H3. The molecule has 0 amide bonds. The Balaban J connectivity index is 2.71. The molecule has 2 atom stereocenters. The average Bonchev–Trinajstić information content (AvgIpc) is 1.94. The maximum Gasteiger partial charge on any atom is 0.0464 e. The summed E-state index contributed by atoms with van der Waals surface area (Å²) in [4.78, 5) is 1.30. The van der Waals surface area contributed by atoms with Crippen LogP contribution in [0.1, 0.15) is 13.3 Å². The van der Waals surface area contributed by atoms with Gasteiger partial charge in [0.1, 0.15) is 0 Å². The Morgan fingerprint density at radius 1 is 1.80 bits per heavy atom. The Labute approximate surface area is 68.7 Å². The van der Waals surface area contributed by atoms with Crippen molar-refractivity contribution in [3.63, 3.8) is 0 Å². The second kappa shape index (κ2) is 3.58. The molecule has 0 aromatic rings. The van der Waals surface area contributed by atoms with Crippen LogP contribution in [0.25, 0.3) is 0 Å². The zero-order valence-corrected chi connectivity index (χ0v) is 7.93. The molecule has 0 saturated carbocycles. The van der Waals surface area contributed by atoms with Crippen LogP contribution in [-0.2, 0) is 10.8 Å². The molecule has 1 aliphatic rings. The highest BCUT2D eigenvalue weighted by atomic mass is 32.2. The van der Waals surface area contributed by atoms with Gasteiger partial charge in [0.05, 0.1) is 0 Å². The highest BCUT2D eigenvalue weighted by molar-refractivity contribution is 8.03. The summed E-state index contributed by atoms with van der Waals surface area (Å²) in [5.74, 6) is 1.48. The van der Waals surface area contributed by atoms with Gasteiger partial charge in [0.15, 0.2) is 0 Å². The zero-order valence-electron chi connectivity index (χ0n) is 6.29. The number of hydrogen-bond donors (Lipinski definition) is 0. The Kier molecular flexibility index (Phi) is 2.98. The monoisotopic (exact) mass is 176 g/mol. The highest BCUT2D eigenvalue weighted by Gasteiger charge is 2.15. The first-order chi connectivity index (χ1) is 4.74. The van der Waals surface area contributed by atoms with Gasteiger partial charge in [-0.05, 0) is 23.5 Å². The highest BCUT2D eigenvalue weighted by Crippen LogP contribution is 2.28. The molecule has 3 heteroatoms. The number of rotatable bonds is 1. The Bertz CT molecular complexity index is 174. The molecule has 1 nitrogen and oxygen atoms in total. The molecule has 0 aliphatic carbocycles. The second-order valence-electron chi connectivity index (χ2n) is 2.50. The number of thioether (sulfide) groups is 1. The van der Waals surface area contributed by atoms with E-state index in [2.05, 4.69) is 6.92 Å². The van der Waals surface area contributed by atoms with Crippen molar-refractivity contribution in [1.82, 2.24) is 0 Å². The van der Waals surface area contributed by atoms with E-state index in [1.807, 2.05) is 11.7 Å². The van der Waals surface area contributed by atoms with Crippen molar-refractivity contribution < 1.29 is 4.21 Å². The molecule has 0 saturated heterocycles. The van der Waals surface area contributed by atoms with Crippen molar-refractivity contribution in [3.05, 3.63) is 10.3 Å². The Morgan fingerprint density at radius 2 is 2.50 bits per heavy atom. The van der Waals surface area contributed by atoms with Crippen LogP contribution in [0.4, 0.5) is 0 Å². The largest absolute Gasteiger partial charge is 0.255 e. The van der Waals surface area contributed by atoms with E-state index in [1.54, 1.807) is 11.8 Å². The summed E-state index contributed by atoms with van der Waals surface area (Å²) < 4.78 is 11.0. The average molecular weight is 176 g/mol. The van der Waals surface area contributed by atoms with Gasteiger partial charge in [-0.25, -0.2) is 0 Å². The molecule has 0 radical (unpaired) electrons. The van der Waals surface area contributed by atoms with E-state index in [1.165, 1.54) is 4.91 Å². The van der Waals surface area contributed by atoms with Crippen molar-refractivity contribution in [2.45, 2.75) is 13.3 Å². The fourth-order valence-corrected chi connectivity index (χ4v) is 3.41. The van der Waals surface area contributed by atoms with Gasteiger partial charge in [-0.15, -0.1) is 11.8 Å². The van der Waals surface area contributed by atoms with Gasteiger partial charge in [-0.3, -0.25) is 4.21 Å². The molecule has 0 aromatic carbocycles. The van der Waals surface area contributed by atoms with Gasteiger partial charge in [0.2, 0.25) is 0 Å². The first kappa shape index (κ1) is 8.34. The summed E-state index contributed by atoms with van der Waals surface area (Å²) >= 11 is 1.73. The van der Waals surface area contributed by atoms with Crippen molar-refractivity contribution in [2.24, 2.45) is 5.92 Å². The molecular weight excluding hydrogens is 164 g/mol. The smallest absolute Gasteiger partial charge is 0.0464 e. The van der Waals surface area contributed by atoms with Crippen molar-refractivity contribution >= 4 is 22.6 Å². The fraction of sp³-hybridized carbons (Fsp3) is 0.714. The third kappa shape index (κ3) is 1.86. The zero-order chi connectivity index (χ0) is 7.56. The Hall–Kier alpha value is 0.240. The van der Waals surface area contributed by atoms with Gasteiger partial charge >= 0.3 is 0 Å². The summed E-state index contributed by atoms with van der Waals surface area (Å²) in [6.07, 6.45) is 3.13. The van der Waals surface area contributed by atoms with Crippen LogP contribution in [-0.4, -0.2) is 16.2 Å². The predicted molar refractivity (Wildman–Crippen MR) is 48.4 cm³/mol. The summed E-state index contributed by atoms with van der Waals surface area (Å²) in [6.45, 7) is 2.19. The first-order valence-corrected chi connectivity index (χ1v) is 5.97. The SMILES string of the molecule is CSC1=CS(=O)CCC1C. The lowest BCUT2D eigenvalue weighted by molar-refractivity contribution is 0.653. The van der Waals surface area contributed by atoms with Crippen LogP contribution < -0.4 is 0 Å². The molecule has 0 aromatic heterocycles. The molecule has 0 spiro atoms. The summed E-state index contributed by atoms with van der Waals surface area (Å²) in [5.41, 5.74) is 0. The van der Waals surface area contributed by atoms with Crippen LogP contribution in [0.5, 0.6) is 0 Å². The van der Waals surface area contributed by atoms with E-state index in [-0.39, 0.29) is 0 Å². The van der Waals surface area contributed by atoms with E-state index < -0.39 is 10.8 Å². The lowest BCUT2D eigenvalue weighted by Gasteiger charge is -2.17. The predicted octanol–water partition coefficient (Wildman–Crippen LogP) is 1.98. The first-order valence-electron chi connectivity index (χ1n) is 3.37. The van der Waals surface area contributed by atoms with Crippen LogP contribution in [0.2, 0.25) is 0 Å². The quantitative estimate of drug-likeness (QED) is 0.607. The minimum atomic E-state index is -0.674. The van der Waals surface area contributed by atoms with Gasteiger partial charge in [-0.2, -0.15) is 0 Å². The van der Waals surface area contributed by atoms with E-state index in [0.717, 1.165) is 12.2 Å². The maximum absolute atomic E-state index is 11.0. The summed E-state index contributed by atoms with van der Waals surface area (Å²) in [5, 5.41) is 1.90. The number of allylic oxidation sites excluding steroid dienone is 1. The molecule has 58 valence electrons. The Morgan fingerprint density at radius 3 is 3.00 bits per heavy atom. The fourth-order valence-electron chi connectivity index (χ4n) is 0.989. The van der Waals surface area contributed by atoms with Crippen LogP contribution in [0.3, 0.4) is 0 Å². The number of hydrogen-bond acceptors (Lipinski definition) is 2. The molecule has 10 heavy (non-hydrogen) atoms. The molecule has 1 heterocycles. The lowest BCUT2D eigenvalue weighted by Crippen LogP contribution is -2.09. The maximum atomic E-state index is 11.0. The van der Waals surface area contributed by atoms with E-state index in [4.69, 9.17) is 0 Å². The minimum Gasteiger partial charge on any atom is -0.255 e. The normalized spacial score (nSPS) is 33.6. The molecule has 0 fully saturated rings. The minimum absolute atomic E-state index is 0.632. The molecule has 0 bridgehead atoms. The van der Waals surface area contributed by atoms with Gasteiger partial charge in [0, 0.05) is 22.0 Å². The molecule has 2 unspecified atom stereocenters. The third-order valence-corrected chi connectivity index (χ3v) is 4.02. The van der Waals surface area contributed by atoms with Crippen LogP contribution in [0.15, 0.2) is 10.3 Å². The molecule has 1 aliphatic heterocycles. The topological polar surface area (TPSA) is 17.1 Å². The van der Waals surface area contributed by atoms with Gasteiger partial charge in [-0.1, -0.05) is 6.92 Å². The van der Waals surface area contributed by atoms with E-state index in [9.17, 15) is 4.21 Å². The summed E-state index contributed by atoms with van der Waals surface area (Å²) in [7, 11) is -0.674. The van der Waals surface area contributed by atoms with Gasteiger partial charge < -0.3 is 0 Å². The summed E-state index contributed by atoms with van der Waals surface area (Å²) in [6, 6.07) is 0. The van der Waals surface area contributed by atoms with Crippen molar-refractivity contribution in [1.29, 1.82) is 0 Å². The van der Waals surface area contributed by atoms with Gasteiger partial charge in [0.25, 0.3) is 0 Å². The molecule has 1 rings (SSSR count). The molecule has 0 N–H and O–H groups in total. The van der Waals surface area contributed by atoms with Crippen molar-refractivity contribution in [2.75, 3.05) is 12.0 Å². The van der Waals surface area contributed by atoms with E-state index in [0.29, 0.717) is 5.92 Å². The van der Waals surface area contributed by atoms with Crippen LogP contribution in [0, 0.1) is 5.92 Å². The third-order valence-electron chi connectivity index (χ3n) is 1.72. The molecular formula is C7H12OS2. The second-order valence-corrected chi connectivity index (χ2v) is 4.78. The van der Waals surface area contributed by atoms with Crippen LogP contribution >= 0.6 is 11.8 Å². The lowest BCUT2D eigenvalue weighted by atomic mass is 10.1.